The van der Waals surface area contributed by atoms with Crippen LogP contribution in [0.4, 0.5) is 4.79 Å². The number of aromatic nitrogens is 1. The molecule has 1 N–H and O–H groups in total. The van der Waals surface area contributed by atoms with Gasteiger partial charge in [-0.1, -0.05) is 6.07 Å². The molecule has 1 aromatic heterocycles. The molecule has 0 saturated carbocycles. The number of amides is 1. The van der Waals surface area contributed by atoms with Crippen molar-refractivity contribution in [3.63, 3.8) is 0 Å². The van der Waals surface area contributed by atoms with Gasteiger partial charge >= 0.3 is 13.2 Å². The fourth-order valence-corrected chi connectivity index (χ4v) is 1.98. The molecule has 7 nitrogen and oxygen atoms in total. The van der Waals surface area contributed by atoms with Crippen LogP contribution < -0.4 is 10.2 Å². The van der Waals surface area contributed by atoms with Gasteiger partial charge in [-0.15, -0.1) is 0 Å². The Morgan fingerprint density at radius 3 is 2.39 bits per heavy atom. The van der Waals surface area contributed by atoms with Crippen LogP contribution in [0.3, 0.4) is 0 Å². The quantitative estimate of drug-likeness (QED) is 0.825. The summed E-state index contributed by atoms with van der Waals surface area (Å²) in [6.45, 7) is 8.50. The van der Waals surface area contributed by atoms with Gasteiger partial charge in [0.15, 0.2) is 0 Å². The van der Waals surface area contributed by atoms with Gasteiger partial charge in [-0.2, -0.15) is 0 Å². The second kappa shape index (κ2) is 6.37. The Labute approximate surface area is 136 Å². The van der Waals surface area contributed by atoms with E-state index < -0.39 is 24.4 Å². The summed E-state index contributed by atoms with van der Waals surface area (Å²) >= 11 is 0. The number of rotatable bonds is 5. The lowest BCUT2D eigenvalue weighted by atomic mass is 9.80. The fourth-order valence-electron chi connectivity index (χ4n) is 1.98. The van der Waals surface area contributed by atoms with Crippen molar-refractivity contribution in [1.82, 2.24) is 9.88 Å². The first-order valence-electron chi connectivity index (χ1n) is 7.51. The summed E-state index contributed by atoms with van der Waals surface area (Å²) in [6, 6.07) is 3.56. The number of pyridine rings is 1. The summed E-state index contributed by atoms with van der Waals surface area (Å²) in [5.74, 6) is 0.434. The molecule has 23 heavy (non-hydrogen) atoms. The SMILES string of the molecule is CN(CCOc1ccc(B2OC(C)(C)C(C)(C)O2)cn1)C(=O)O. The Kier molecular flexibility index (Phi) is 4.86. The molecule has 1 aromatic rings. The summed E-state index contributed by atoms with van der Waals surface area (Å²) in [5, 5.41) is 8.75. The maximum absolute atomic E-state index is 10.7. The van der Waals surface area contributed by atoms with Gasteiger partial charge in [0.2, 0.25) is 5.88 Å². The molecule has 2 heterocycles. The van der Waals surface area contributed by atoms with Crippen LogP contribution in [-0.4, -0.2) is 59.6 Å². The third-order valence-electron chi connectivity index (χ3n) is 4.29. The van der Waals surface area contributed by atoms with Crippen LogP contribution in [0.1, 0.15) is 27.7 Å². The van der Waals surface area contributed by atoms with E-state index in [1.807, 2.05) is 33.8 Å². The van der Waals surface area contributed by atoms with Crippen LogP contribution in [0.25, 0.3) is 0 Å². The molecule has 0 radical (unpaired) electrons. The number of hydrogen-bond acceptors (Lipinski definition) is 5. The number of ether oxygens (including phenoxy) is 1. The van der Waals surface area contributed by atoms with Gasteiger partial charge in [0.1, 0.15) is 6.61 Å². The number of hydrogen-bond donors (Lipinski definition) is 1. The molecule has 0 atom stereocenters. The largest absolute Gasteiger partial charge is 0.496 e. The smallest absolute Gasteiger partial charge is 0.476 e. The second-order valence-electron chi connectivity index (χ2n) is 6.57. The van der Waals surface area contributed by atoms with Crippen molar-refractivity contribution < 1.29 is 23.9 Å². The van der Waals surface area contributed by atoms with Gasteiger partial charge in [0.05, 0.1) is 17.7 Å². The van der Waals surface area contributed by atoms with E-state index in [9.17, 15) is 4.79 Å². The van der Waals surface area contributed by atoms with Crippen LogP contribution in [0.5, 0.6) is 5.88 Å². The minimum atomic E-state index is -0.988. The summed E-state index contributed by atoms with van der Waals surface area (Å²) < 4.78 is 17.3. The zero-order chi connectivity index (χ0) is 17.3. The maximum Gasteiger partial charge on any atom is 0.496 e. The predicted octanol–water partition coefficient (Wildman–Crippen LogP) is 1.37. The summed E-state index contributed by atoms with van der Waals surface area (Å²) in [4.78, 5) is 16.0. The molecule has 0 aromatic carbocycles. The van der Waals surface area contributed by atoms with Crippen molar-refractivity contribution in [3.05, 3.63) is 18.3 Å². The molecule has 1 aliphatic rings. The van der Waals surface area contributed by atoms with Crippen LogP contribution in [0.15, 0.2) is 18.3 Å². The van der Waals surface area contributed by atoms with E-state index in [4.69, 9.17) is 19.2 Å². The van der Waals surface area contributed by atoms with E-state index in [1.54, 1.807) is 12.3 Å². The molecule has 1 amide bonds. The Morgan fingerprint density at radius 2 is 1.91 bits per heavy atom. The lowest BCUT2D eigenvalue weighted by Gasteiger charge is -2.32. The Morgan fingerprint density at radius 1 is 1.30 bits per heavy atom. The van der Waals surface area contributed by atoms with Crippen LogP contribution >= 0.6 is 0 Å². The first-order valence-corrected chi connectivity index (χ1v) is 7.51. The zero-order valence-corrected chi connectivity index (χ0v) is 14.2. The Bertz CT molecular complexity index is 545. The molecular weight excluding hydrogens is 299 g/mol. The molecule has 1 fully saturated rings. The third kappa shape index (κ3) is 3.94. The number of nitrogens with zero attached hydrogens (tertiary/aromatic N) is 2. The van der Waals surface area contributed by atoms with E-state index in [0.29, 0.717) is 5.88 Å². The van der Waals surface area contributed by atoms with E-state index in [-0.39, 0.29) is 13.2 Å². The van der Waals surface area contributed by atoms with E-state index in [1.165, 1.54) is 7.05 Å². The highest BCUT2D eigenvalue weighted by Gasteiger charge is 2.51. The average Bonchev–Trinajstić information content (AvgIpc) is 2.68. The number of carboxylic acid groups (broad SMARTS) is 1. The highest BCUT2D eigenvalue weighted by Crippen LogP contribution is 2.36. The average molecular weight is 322 g/mol. The van der Waals surface area contributed by atoms with Crippen molar-refractivity contribution in [2.45, 2.75) is 38.9 Å². The molecule has 2 rings (SSSR count). The first kappa shape index (κ1) is 17.6. The van der Waals surface area contributed by atoms with Crippen molar-refractivity contribution in [1.29, 1.82) is 0 Å². The van der Waals surface area contributed by atoms with E-state index in [2.05, 4.69) is 4.98 Å². The van der Waals surface area contributed by atoms with Gasteiger partial charge in [-0.05, 0) is 33.8 Å². The monoisotopic (exact) mass is 322 g/mol. The normalized spacial score (nSPS) is 18.7. The van der Waals surface area contributed by atoms with E-state index in [0.717, 1.165) is 10.4 Å². The lowest BCUT2D eigenvalue weighted by Crippen LogP contribution is -2.41. The van der Waals surface area contributed by atoms with Crippen molar-refractivity contribution in [2.24, 2.45) is 0 Å². The molecule has 0 spiro atoms. The number of carbonyl (C=O) groups is 1. The lowest BCUT2D eigenvalue weighted by molar-refractivity contribution is 0.00578. The van der Waals surface area contributed by atoms with Crippen molar-refractivity contribution in [2.75, 3.05) is 20.2 Å². The van der Waals surface area contributed by atoms with Gasteiger partial charge in [0.25, 0.3) is 0 Å². The number of likely N-dealkylation sites (N-methyl/N-ethyl adjacent to an activating group) is 1. The summed E-state index contributed by atoms with van der Waals surface area (Å²) in [6.07, 6.45) is 0.663. The van der Waals surface area contributed by atoms with Crippen LogP contribution in [-0.2, 0) is 9.31 Å². The predicted molar refractivity (Wildman–Crippen MR) is 86.1 cm³/mol. The fraction of sp³-hybridized carbons (Fsp3) is 0.600. The molecule has 0 bridgehead atoms. The molecule has 1 aliphatic heterocycles. The zero-order valence-electron chi connectivity index (χ0n) is 14.2. The molecule has 1 saturated heterocycles. The molecule has 8 heteroatoms. The molecule has 126 valence electrons. The van der Waals surface area contributed by atoms with Crippen molar-refractivity contribution in [3.8, 4) is 5.88 Å². The minimum Gasteiger partial charge on any atom is -0.476 e. The topological polar surface area (TPSA) is 81.1 Å². The van der Waals surface area contributed by atoms with Crippen LogP contribution in [0, 0.1) is 0 Å². The van der Waals surface area contributed by atoms with Gasteiger partial charge < -0.3 is 24.1 Å². The standard InChI is InChI=1S/C15H23BN2O5/c1-14(2)15(3,4)23-16(22-14)11-6-7-12(17-10-11)21-9-8-18(5)13(19)20/h6-7,10H,8-9H2,1-5H3,(H,19,20). The molecule has 0 unspecified atom stereocenters. The highest BCUT2D eigenvalue weighted by atomic mass is 16.7. The van der Waals surface area contributed by atoms with Gasteiger partial charge in [-0.25, -0.2) is 9.78 Å². The van der Waals surface area contributed by atoms with Crippen LogP contribution in [0.2, 0.25) is 0 Å². The van der Waals surface area contributed by atoms with Crippen molar-refractivity contribution >= 4 is 18.7 Å². The summed E-state index contributed by atoms with van der Waals surface area (Å²) in [7, 11) is 1.03. The van der Waals surface area contributed by atoms with Gasteiger partial charge in [0, 0.05) is 18.7 Å². The Hall–Kier alpha value is -1.80. The maximum atomic E-state index is 10.7. The van der Waals surface area contributed by atoms with Gasteiger partial charge in [-0.3, -0.25) is 0 Å². The Balaban J connectivity index is 1.92. The minimum absolute atomic E-state index is 0.242. The van der Waals surface area contributed by atoms with E-state index >= 15 is 0 Å². The third-order valence-corrected chi connectivity index (χ3v) is 4.29. The summed E-state index contributed by atoms with van der Waals surface area (Å²) in [5.41, 5.74) is 0.0290. The molecule has 0 aliphatic carbocycles. The second-order valence-corrected chi connectivity index (χ2v) is 6.57. The first-order chi connectivity index (χ1) is 10.6. The highest BCUT2D eigenvalue weighted by molar-refractivity contribution is 6.62. The molecular formula is C15H23BN2O5.